The summed E-state index contributed by atoms with van der Waals surface area (Å²) in [7, 11) is 0. The summed E-state index contributed by atoms with van der Waals surface area (Å²) in [4.78, 5) is 82.7. The van der Waals surface area contributed by atoms with Crippen LogP contribution in [-0.4, -0.2) is 88.3 Å². The number of carbonyl (C=O) groups excluding carboxylic acids is 5. The standard InChI is InChI=1S/C36H47ClN6O7/c1-23(38)40-18-7-10-27(34(39)48)21-31(44)29(20-24-12-14-26(15-13-24)25-8-3-2-4-9-25)42-35(49)30-11-5-6-19-43(30)36(50)28(16-17-33(46)47)41-32(45)22-37/h2-4,8-9,12-15,27-30H,5-7,10-11,16-22H2,1H3,(H2,38,40)(H2,39,48)(H,41,45)(H,42,49)(H,46,47)/t27-,28+,29+,30+/m1/s1. The number of aliphatic carboxylic acids is 1. The van der Waals surface area contributed by atoms with Gasteiger partial charge in [-0.1, -0.05) is 54.6 Å². The zero-order valence-electron chi connectivity index (χ0n) is 28.3. The molecule has 2 aromatic rings. The van der Waals surface area contributed by atoms with Gasteiger partial charge in [-0.05, 0) is 68.6 Å². The van der Waals surface area contributed by atoms with Crippen LogP contribution >= 0.6 is 11.6 Å². The quantitative estimate of drug-likeness (QED) is 0.0631. The number of rotatable bonds is 19. The molecule has 1 fully saturated rings. The number of amidine groups is 1. The van der Waals surface area contributed by atoms with Gasteiger partial charge in [0.2, 0.25) is 23.6 Å². The van der Waals surface area contributed by atoms with E-state index < -0.39 is 65.3 Å². The van der Waals surface area contributed by atoms with Crippen LogP contribution in [0.2, 0.25) is 0 Å². The highest BCUT2D eigenvalue weighted by Crippen LogP contribution is 2.23. The number of hydrogen-bond donors (Lipinski definition) is 5. The number of benzene rings is 2. The van der Waals surface area contributed by atoms with Gasteiger partial charge in [-0.25, -0.2) is 0 Å². The first-order chi connectivity index (χ1) is 23.9. The lowest BCUT2D eigenvalue weighted by atomic mass is 9.90. The third kappa shape index (κ3) is 12.6. The van der Waals surface area contributed by atoms with Crippen molar-refractivity contribution in [2.45, 2.75) is 82.8 Å². The van der Waals surface area contributed by atoms with Crippen LogP contribution in [-0.2, 0) is 35.2 Å². The molecule has 1 heterocycles. The summed E-state index contributed by atoms with van der Waals surface area (Å²) in [5, 5.41) is 14.5. The summed E-state index contributed by atoms with van der Waals surface area (Å²) in [6.07, 6.45) is 1.65. The Morgan fingerprint density at radius 3 is 2.24 bits per heavy atom. The highest BCUT2D eigenvalue weighted by atomic mass is 35.5. The summed E-state index contributed by atoms with van der Waals surface area (Å²) >= 11 is 5.64. The molecule has 3 rings (SSSR count). The van der Waals surface area contributed by atoms with E-state index in [4.69, 9.17) is 23.1 Å². The van der Waals surface area contributed by atoms with Crippen LogP contribution in [0.3, 0.4) is 0 Å². The molecule has 14 heteroatoms. The summed E-state index contributed by atoms with van der Waals surface area (Å²) in [5.41, 5.74) is 14.0. The number of alkyl halides is 1. The number of carbonyl (C=O) groups is 6. The van der Waals surface area contributed by atoms with Gasteiger partial charge in [-0.15, -0.1) is 11.6 Å². The molecule has 0 bridgehead atoms. The van der Waals surface area contributed by atoms with Crippen LogP contribution in [0.1, 0.15) is 63.9 Å². The van der Waals surface area contributed by atoms with Crippen molar-refractivity contribution >= 4 is 52.8 Å². The molecule has 7 N–H and O–H groups in total. The van der Waals surface area contributed by atoms with Crippen LogP contribution in [0.4, 0.5) is 0 Å². The van der Waals surface area contributed by atoms with E-state index in [-0.39, 0.29) is 32.2 Å². The van der Waals surface area contributed by atoms with E-state index in [2.05, 4.69) is 15.6 Å². The molecule has 1 saturated heterocycles. The lowest BCUT2D eigenvalue weighted by Crippen LogP contribution is -2.59. The van der Waals surface area contributed by atoms with Crippen LogP contribution in [0.15, 0.2) is 59.6 Å². The normalized spacial score (nSPS) is 16.5. The Kier molecular flexibility index (Phi) is 15.9. The van der Waals surface area contributed by atoms with E-state index in [0.717, 1.165) is 16.7 Å². The van der Waals surface area contributed by atoms with Gasteiger partial charge in [0, 0.05) is 31.8 Å². The Hall–Kier alpha value is -4.78. The number of carboxylic acid groups (broad SMARTS) is 1. The number of carboxylic acids is 1. The fourth-order valence-corrected chi connectivity index (χ4v) is 6.04. The predicted octanol–water partition coefficient (Wildman–Crippen LogP) is 2.57. The third-order valence-corrected chi connectivity index (χ3v) is 8.86. The predicted molar refractivity (Wildman–Crippen MR) is 190 cm³/mol. The number of ketones is 1. The molecule has 1 aliphatic rings. The summed E-state index contributed by atoms with van der Waals surface area (Å²) in [5.74, 6) is -4.81. The SMILES string of the molecule is CC(N)=NCCC[C@H](CC(=O)[C@H](Cc1ccc(-c2ccccc2)cc1)NC(=O)[C@@H]1CCCCN1C(=O)[C@H](CCC(=O)O)NC(=O)CCl)C(N)=O. The first-order valence-electron chi connectivity index (χ1n) is 16.8. The number of hydrogen-bond acceptors (Lipinski definition) is 7. The van der Waals surface area contributed by atoms with Crippen molar-refractivity contribution in [1.82, 2.24) is 15.5 Å². The van der Waals surface area contributed by atoms with Gasteiger partial charge < -0.3 is 32.1 Å². The molecule has 0 saturated carbocycles. The van der Waals surface area contributed by atoms with Crippen LogP contribution in [0.25, 0.3) is 11.1 Å². The van der Waals surface area contributed by atoms with Crippen LogP contribution in [0, 0.1) is 5.92 Å². The zero-order valence-corrected chi connectivity index (χ0v) is 29.1. The lowest BCUT2D eigenvalue weighted by molar-refractivity contribution is -0.146. The molecular formula is C36H47ClN6O7. The van der Waals surface area contributed by atoms with E-state index in [1.54, 1.807) is 6.92 Å². The van der Waals surface area contributed by atoms with E-state index in [1.165, 1.54) is 4.90 Å². The van der Waals surface area contributed by atoms with Crippen molar-refractivity contribution < 1.29 is 33.9 Å². The topological polar surface area (TPSA) is 214 Å². The average Bonchev–Trinajstić information content (AvgIpc) is 3.10. The van der Waals surface area contributed by atoms with Gasteiger partial charge >= 0.3 is 5.97 Å². The summed E-state index contributed by atoms with van der Waals surface area (Å²) < 4.78 is 0. The Morgan fingerprint density at radius 1 is 0.940 bits per heavy atom. The van der Waals surface area contributed by atoms with Crippen LogP contribution in [0.5, 0.6) is 0 Å². The molecule has 270 valence electrons. The fourth-order valence-electron chi connectivity index (χ4n) is 5.96. The second-order valence-electron chi connectivity index (χ2n) is 12.5. The number of Topliss-reactive ketones (excluding diaryl/α,β-unsaturated/α-hetero) is 1. The second-order valence-corrected chi connectivity index (χ2v) is 12.8. The Balaban J connectivity index is 1.85. The number of nitrogens with one attached hydrogen (secondary N) is 2. The minimum Gasteiger partial charge on any atom is -0.481 e. The maximum atomic E-state index is 13.9. The van der Waals surface area contributed by atoms with Crippen LogP contribution < -0.4 is 22.1 Å². The molecule has 4 amide bonds. The van der Waals surface area contributed by atoms with E-state index in [1.807, 2.05) is 54.6 Å². The van der Waals surface area contributed by atoms with E-state index in [9.17, 15) is 33.9 Å². The number of nitrogens with zero attached hydrogens (tertiary/aromatic N) is 2. The Labute approximate surface area is 297 Å². The fraction of sp³-hybridized carbons (Fsp3) is 0.472. The van der Waals surface area contributed by atoms with Gasteiger partial charge in [0.1, 0.15) is 18.0 Å². The van der Waals surface area contributed by atoms with Gasteiger partial charge in [0.25, 0.3) is 0 Å². The largest absolute Gasteiger partial charge is 0.481 e. The lowest BCUT2D eigenvalue weighted by Gasteiger charge is -2.37. The molecule has 0 spiro atoms. The molecule has 0 unspecified atom stereocenters. The van der Waals surface area contributed by atoms with E-state index in [0.29, 0.717) is 44.5 Å². The minimum atomic E-state index is -1.20. The van der Waals surface area contributed by atoms with Crippen molar-refractivity contribution in [1.29, 1.82) is 0 Å². The molecule has 4 atom stereocenters. The summed E-state index contributed by atoms with van der Waals surface area (Å²) in [6, 6.07) is 14.1. The molecule has 2 aromatic carbocycles. The number of likely N-dealkylation sites (tertiary alicyclic amines) is 1. The highest BCUT2D eigenvalue weighted by Gasteiger charge is 2.38. The monoisotopic (exact) mass is 710 g/mol. The van der Waals surface area contributed by atoms with Crippen molar-refractivity contribution in [3.8, 4) is 11.1 Å². The second kappa shape index (κ2) is 20.0. The Morgan fingerprint density at radius 2 is 1.62 bits per heavy atom. The number of primary amides is 1. The molecule has 13 nitrogen and oxygen atoms in total. The number of nitrogens with two attached hydrogens (primary N) is 2. The molecule has 1 aliphatic heterocycles. The van der Waals surface area contributed by atoms with Crippen molar-refractivity contribution in [2.24, 2.45) is 22.4 Å². The molecule has 50 heavy (non-hydrogen) atoms. The first kappa shape index (κ1) is 39.7. The van der Waals surface area contributed by atoms with Gasteiger partial charge in [0.15, 0.2) is 5.78 Å². The average molecular weight is 711 g/mol. The van der Waals surface area contributed by atoms with Crippen molar-refractivity contribution in [2.75, 3.05) is 19.0 Å². The Bertz CT molecular complexity index is 1510. The van der Waals surface area contributed by atoms with Gasteiger partial charge in [-0.2, -0.15) is 0 Å². The summed E-state index contributed by atoms with van der Waals surface area (Å²) in [6.45, 7) is 2.23. The van der Waals surface area contributed by atoms with E-state index >= 15 is 0 Å². The number of piperidine rings is 1. The van der Waals surface area contributed by atoms with Gasteiger partial charge in [0.05, 0.1) is 11.9 Å². The van der Waals surface area contributed by atoms with Crippen molar-refractivity contribution in [3.05, 3.63) is 60.2 Å². The van der Waals surface area contributed by atoms with Crippen molar-refractivity contribution in [3.63, 3.8) is 0 Å². The third-order valence-electron chi connectivity index (χ3n) is 8.62. The maximum Gasteiger partial charge on any atom is 0.303 e. The first-order valence-corrected chi connectivity index (χ1v) is 17.3. The molecule has 0 radical (unpaired) electrons. The molecule has 0 aromatic heterocycles. The molecular weight excluding hydrogens is 664 g/mol. The number of halogens is 1. The molecule has 0 aliphatic carbocycles. The zero-order chi connectivity index (χ0) is 36.6. The van der Waals surface area contributed by atoms with Gasteiger partial charge in [-0.3, -0.25) is 33.8 Å². The minimum absolute atomic E-state index is 0.121. The highest BCUT2D eigenvalue weighted by molar-refractivity contribution is 6.27. The maximum absolute atomic E-state index is 13.9. The smallest absolute Gasteiger partial charge is 0.303 e. The number of aliphatic imine (C=N–C) groups is 1. The number of amides is 4.